The normalized spacial score (nSPS) is 13.3. The van der Waals surface area contributed by atoms with Gasteiger partial charge in [-0.3, -0.25) is 9.59 Å². The molecule has 0 fully saturated rings. The van der Waals surface area contributed by atoms with Gasteiger partial charge in [0.1, 0.15) is 6.29 Å². The fourth-order valence-electron chi connectivity index (χ4n) is 3.38. The Kier molecular flexibility index (Phi) is 10.7. The van der Waals surface area contributed by atoms with Crippen molar-refractivity contribution < 1.29 is 19.1 Å². The molecular formula is C24H46N2O4. The van der Waals surface area contributed by atoms with E-state index in [-0.39, 0.29) is 11.8 Å². The molecule has 0 heterocycles. The van der Waals surface area contributed by atoms with E-state index in [4.69, 9.17) is 4.74 Å². The summed E-state index contributed by atoms with van der Waals surface area (Å²) in [5.74, 6) is 0.473. The molecule has 0 saturated heterocycles. The molecule has 0 rings (SSSR count). The predicted octanol–water partition coefficient (Wildman–Crippen LogP) is 4.26. The van der Waals surface area contributed by atoms with Crippen molar-refractivity contribution >= 4 is 18.1 Å². The van der Waals surface area contributed by atoms with Crippen molar-refractivity contribution in [3.8, 4) is 0 Å². The highest BCUT2D eigenvalue weighted by molar-refractivity contribution is 5.83. The number of aldehydes is 1. The summed E-state index contributed by atoms with van der Waals surface area (Å²) in [4.78, 5) is 36.2. The molecule has 0 bridgehead atoms. The molecule has 0 aromatic heterocycles. The standard InChI is InChI=1S/C24H46N2O4/c1-18(2)11-13-25-19(28)15-24(9,10)30-14-12-23(7,8)26-20(29)22(5,6)16-21(3,4)17-27/h17-18H,11-16H2,1-10H3,(H,25,28)(H,26,29). The number of hydrogen-bond acceptors (Lipinski definition) is 4. The SMILES string of the molecule is CC(C)CCNC(=O)CC(C)(C)OCCC(C)(C)NC(=O)C(C)(C)CC(C)(C)C=O. The van der Waals surface area contributed by atoms with Gasteiger partial charge in [-0.2, -0.15) is 0 Å². The van der Waals surface area contributed by atoms with Crippen LogP contribution in [0.2, 0.25) is 0 Å². The van der Waals surface area contributed by atoms with Gasteiger partial charge in [0.05, 0.1) is 12.0 Å². The minimum absolute atomic E-state index is 0.00671. The molecule has 6 nitrogen and oxygen atoms in total. The number of amides is 2. The quantitative estimate of drug-likeness (QED) is 0.407. The largest absolute Gasteiger partial charge is 0.375 e. The van der Waals surface area contributed by atoms with Crippen molar-refractivity contribution in [3.05, 3.63) is 0 Å². The summed E-state index contributed by atoms with van der Waals surface area (Å²) in [6.07, 6.45) is 3.25. The molecule has 2 amide bonds. The van der Waals surface area contributed by atoms with Crippen LogP contribution in [0.4, 0.5) is 0 Å². The maximum atomic E-state index is 12.8. The number of hydrogen-bond donors (Lipinski definition) is 2. The van der Waals surface area contributed by atoms with Gasteiger partial charge >= 0.3 is 0 Å². The lowest BCUT2D eigenvalue weighted by molar-refractivity contribution is -0.133. The van der Waals surface area contributed by atoms with Gasteiger partial charge in [-0.25, -0.2) is 0 Å². The van der Waals surface area contributed by atoms with E-state index in [0.29, 0.717) is 38.3 Å². The average molecular weight is 427 g/mol. The number of carbonyl (C=O) groups excluding carboxylic acids is 3. The second kappa shape index (κ2) is 11.3. The molecule has 0 saturated carbocycles. The van der Waals surface area contributed by atoms with Crippen LogP contribution in [-0.2, 0) is 19.1 Å². The van der Waals surface area contributed by atoms with Crippen molar-refractivity contribution in [1.29, 1.82) is 0 Å². The average Bonchev–Trinajstić information content (AvgIpc) is 2.51. The first-order valence-corrected chi connectivity index (χ1v) is 11.1. The predicted molar refractivity (Wildman–Crippen MR) is 122 cm³/mol. The number of ether oxygens (including phenoxy) is 1. The van der Waals surface area contributed by atoms with E-state index in [0.717, 1.165) is 12.7 Å². The van der Waals surface area contributed by atoms with E-state index < -0.39 is 22.0 Å². The Bertz CT molecular complexity index is 578. The first kappa shape index (κ1) is 28.6. The maximum Gasteiger partial charge on any atom is 0.226 e. The van der Waals surface area contributed by atoms with Crippen LogP contribution in [0.1, 0.15) is 94.9 Å². The molecule has 2 N–H and O–H groups in total. The molecule has 6 heteroatoms. The molecule has 30 heavy (non-hydrogen) atoms. The van der Waals surface area contributed by atoms with Gasteiger partial charge in [-0.15, -0.1) is 0 Å². The Morgan fingerprint density at radius 1 is 1.00 bits per heavy atom. The first-order chi connectivity index (χ1) is 13.4. The van der Waals surface area contributed by atoms with E-state index in [1.807, 2.05) is 55.4 Å². The lowest BCUT2D eigenvalue weighted by Gasteiger charge is -2.35. The Balaban J connectivity index is 4.57. The van der Waals surface area contributed by atoms with Crippen molar-refractivity contribution in [3.63, 3.8) is 0 Å². The summed E-state index contributed by atoms with van der Waals surface area (Å²) in [6.45, 7) is 20.5. The van der Waals surface area contributed by atoms with Crippen LogP contribution in [0.15, 0.2) is 0 Å². The molecule has 0 aromatic rings. The number of rotatable bonds is 14. The van der Waals surface area contributed by atoms with E-state index >= 15 is 0 Å². The zero-order valence-corrected chi connectivity index (χ0v) is 21.0. The third-order valence-corrected chi connectivity index (χ3v) is 5.13. The molecule has 0 radical (unpaired) electrons. The van der Waals surface area contributed by atoms with Crippen molar-refractivity contribution in [2.75, 3.05) is 13.2 Å². The van der Waals surface area contributed by atoms with E-state index in [1.165, 1.54) is 0 Å². The molecule has 0 atom stereocenters. The number of carbonyl (C=O) groups is 3. The molecule has 0 aliphatic heterocycles. The minimum atomic E-state index is -0.657. The van der Waals surface area contributed by atoms with Gasteiger partial charge in [0, 0.05) is 29.5 Å². The summed E-state index contributed by atoms with van der Waals surface area (Å²) < 4.78 is 5.97. The Morgan fingerprint density at radius 3 is 2.07 bits per heavy atom. The first-order valence-electron chi connectivity index (χ1n) is 11.1. The van der Waals surface area contributed by atoms with Gasteiger partial charge in [0.15, 0.2) is 0 Å². The summed E-state index contributed by atoms with van der Waals surface area (Å²) in [5, 5.41) is 6.04. The second-order valence-electron chi connectivity index (χ2n) is 11.6. The summed E-state index contributed by atoms with van der Waals surface area (Å²) >= 11 is 0. The van der Waals surface area contributed by atoms with Crippen LogP contribution in [0.3, 0.4) is 0 Å². The molecule has 0 spiro atoms. The minimum Gasteiger partial charge on any atom is -0.375 e. The van der Waals surface area contributed by atoms with Crippen molar-refractivity contribution in [2.24, 2.45) is 16.7 Å². The van der Waals surface area contributed by atoms with Crippen LogP contribution in [-0.4, -0.2) is 42.4 Å². The van der Waals surface area contributed by atoms with Gasteiger partial charge < -0.3 is 20.2 Å². The highest BCUT2D eigenvalue weighted by atomic mass is 16.5. The van der Waals surface area contributed by atoms with Crippen LogP contribution in [0, 0.1) is 16.7 Å². The topological polar surface area (TPSA) is 84.5 Å². The molecule has 0 unspecified atom stereocenters. The monoisotopic (exact) mass is 426 g/mol. The van der Waals surface area contributed by atoms with Crippen molar-refractivity contribution in [1.82, 2.24) is 10.6 Å². The fraction of sp³-hybridized carbons (Fsp3) is 0.875. The highest BCUT2D eigenvalue weighted by Crippen LogP contribution is 2.33. The lowest BCUT2D eigenvalue weighted by atomic mass is 9.75. The Hall–Kier alpha value is -1.43. The molecule has 0 aliphatic rings. The fourth-order valence-corrected chi connectivity index (χ4v) is 3.38. The molecule has 176 valence electrons. The van der Waals surface area contributed by atoms with Crippen LogP contribution in [0.25, 0.3) is 0 Å². The summed E-state index contributed by atoms with van der Waals surface area (Å²) in [5.41, 5.74) is -2.24. The van der Waals surface area contributed by atoms with Gasteiger partial charge in [-0.1, -0.05) is 41.5 Å². The van der Waals surface area contributed by atoms with E-state index in [9.17, 15) is 14.4 Å². The van der Waals surface area contributed by atoms with Crippen molar-refractivity contribution in [2.45, 2.75) is 106 Å². The smallest absolute Gasteiger partial charge is 0.226 e. The van der Waals surface area contributed by atoms with Crippen LogP contribution < -0.4 is 10.6 Å². The third kappa shape index (κ3) is 12.3. The second-order valence-corrected chi connectivity index (χ2v) is 11.6. The lowest BCUT2D eigenvalue weighted by Crippen LogP contribution is -2.50. The van der Waals surface area contributed by atoms with Gasteiger partial charge in [0.25, 0.3) is 0 Å². The third-order valence-electron chi connectivity index (χ3n) is 5.13. The zero-order chi connectivity index (χ0) is 23.8. The maximum absolute atomic E-state index is 12.8. The van der Waals surface area contributed by atoms with Crippen LogP contribution in [0.5, 0.6) is 0 Å². The van der Waals surface area contributed by atoms with E-state index in [1.54, 1.807) is 0 Å². The van der Waals surface area contributed by atoms with Gasteiger partial charge in [-0.05, 0) is 52.9 Å². The summed E-state index contributed by atoms with van der Waals surface area (Å²) in [6, 6.07) is 0. The summed E-state index contributed by atoms with van der Waals surface area (Å²) in [7, 11) is 0. The Morgan fingerprint density at radius 2 is 1.57 bits per heavy atom. The molecule has 0 aliphatic carbocycles. The van der Waals surface area contributed by atoms with Gasteiger partial charge in [0.2, 0.25) is 11.8 Å². The van der Waals surface area contributed by atoms with Crippen LogP contribution >= 0.6 is 0 Å². The number of nitrogens with one attached hydrogen (secondary N) is 2. The molecular weight excluding hydrogens is 380 g/mol. The highest BCUT2D eigenvalue weighted by Gasteiger charge is 2.37. The van der Waals surface area contributed by atoms with E-state index in [2.05, 4.69) is 24.5 Å². The molecule has 0 aromatic carbocycles. The Labute approximate surface area is 184 Å². The zero-order valence-electron chi connectivity index (χ0n) is 21.0.